The topological polar surface area (TPSA) is 52.7 Å². The highest BCUT2D eigenvalue weighted by molar-refractivity contribution is 7.99. The number of amides is 2. The molecule has 1 N–H and O–H groups in total. The molecule has 1 saturated heterocycles. The van der Waals surface area contributed by atoms with Gasteiger partial charge in [-0.3, -0.25) is 9.59 Å². The number of carbonyl (C=O) groups is 2. The number of hydrogen-bond donors (Lipinski definition) is 1. The largest absolute Gasteiger partial charge is 0.376 e. The summed E-state index contributed by atoms with van der Waals surface area (Å²) >= 11 is 1.91. The maximum absolute atomic E-state index is 12.3. The van der Waals surface area contributed by atoms with Gasteiger partial charge in [-0.25, -0.2) is 0 Å². The summed E-state index contributed by atoms with van der Waals surface area (Å²) in [6, 6.07) is 8.26. The molecule has 1 heterocycles. The number of anilines is 1. The Bertz CT molecular complexity index is 580. The molecule has 5 nitrogen and oxygen atoms in total. The summed E-state index contributed by atoms with van der Waals surface area (Å²) in [5.41, 5.74) is 1.93. The van der Waals surface area contributed by atoms with Crippen LogP contribution in [0, 0.1) is 0 Å². The van der Waals surface area contributed by atoms with E-state index < -0.39 is 0 Å². The normalized spacial score (nSPS) is 17.5. The van der Waals surface area contributed by atoms with Gasteiger partial charge in [0.1, 0.15) is 0 Å². The van der Waals surface area contributed by atoms with Crippen LogP contribution in [-0.4, -0.2) is 65.8 Å². The molecular weight excluding hydrogens is 322 g/mol. The second-order valence-corrected chi connectivity index (χ2v) is 7.68. The van der Waals surface area contributed by atoms with Gasteiger partial charge < -0.3 is 15.1 Å². The summed E-state index contributed by atoms with van der Waals surface area (Å²) in [7, 11) is 1.87. The number of nitrogens with one attached hydrogen (secondary N) is 1. The first-order valence-corrected chi connectivity index (χ1v) is 9.73. The van der Waals surface area contributed by atoms with Crippen molar-refractivity contribution in [1.29, 1.82) is 0 Å². The summed E-state index contributed by atoms with van der Waals surface area (Å²) in [6.45, 7) is 2.04. The summed E-state index contributed by atoms with van der Waals surface area (Å²) in [5, 5.41) is 3.16. The molecule has 1 aliphatic heterocycles. The second kappa shape index (κ2) is 7.92. The molecule has 0 bridgehead atoms. The van der Waals surface area contributed by atoms with E-state index in [0.717, 1.165) is 48.7 Å². The Balaban J connectivity index is 1.46. The average Bonchev–Trinajstić information content (AvgIpc) is 3.46. The molecule has 6 heteroatoms. The third kappa shape index (κ3) is 4.66. The zero-order valence-corrected chi connectivity index (χ0v) is 15.0. The van der Waals surface area contributed by atoms with Crippen LogP contribution >= 0.6 is 11.8 Å². The summed E-state index contributed by atoms with van der Waals surface area (Å²) in [6.07, 6.45) is 2.70. The lowest BCUT2D eigenvalue weighted by Crippen LogP contribution is -2.38. The second-order valence-electron chi connectivity index (χ2n) is 6.46. The van der Waals surface area contributed by atoms with Crippen LogP contribution in [0.25, 0.3) is 0 Å². The van der Waals surface area contributed by atoms with E-state index in [9.17, 15) is 9.59 Å². The van der Waals surface area contributed by atoms with Crippen molar-refractivity contribution >= 4 is 29.3 Å². The summed E-state index contributed by atoms with van der Waals surface area (Å²) in [4.78, 5) is 28.0. The number of hydrogen-bond acceptors (Lipinski definition) is 4. The van der Waals surface area contributed by atoms with Crippen LogP contribution in [-0.2, 0) is 16.0 Å². The van der Waals surface area contributed by atoms with Crippen LogP contribution in [0.15, 0.2) is 24.3 Å². The van der Waals surface area contributed by atoms with E-state index in [1.165, 1.54) is 0 Å². The van der Waals surface area contributed by atoms with Crippen molar-refractivity contribution in [2.24, 2.45) is 0 Å². The lowest BCUT2D eigenvalue weighted by atomic mass is 10.1. The SMILES string of the molecule is CN(C(=O)CNc1ccc(CC(=O)N2CCSCC2)cc1)C1CC1. The van der Waals surface area contributed by atoms with Crippen molar-refractivity contribution in [2.75, 3.05) is 43.5 Å². The first-order valence-electron chi connectivity index (χ1n) is 8.57. The molecule has 1 aromatic rings. The minimum absolute atomic E-state index is 0.125. The Labute approximate surface area is 147 Å². The van der Waals surface area contributed by atoms with Gasteiger partial charge in [-0.05, 0) is 30.5 Å². The van der Waals surface area contributed by atoms with Gasteiger partial charge in [0.25, 0.3) is 0 Å². The monoisotopic (exact) mass is 347 g/mol. The molecular formula is C18H25N3O2S. The maximum atomic E-state index is 12.3. The van der Waals surface area contributed by atoms with Gasteiger partial charge in [-0.1, -0.05) is 12.1 Å². The Morgan fingerprint density at radius 3 is 2.50 bits per heavy atom. The van der Waals surface area contributed by atoms with Crippen LogP contribution in [0.5, 0.6) is 0 Å². The lowest BCUT2D eigenvalue weighted by molar-refractivity contribution is -0.130. The van der Waals surface area contributed by atoms with E-state index in [1.807, 2.05) is 52.9 Å². The first kappa shape index (κ1) is 17.1. The summed E-state index contributed by atoms with van der Waals surface area (Å²) < 4.78 is 0. The van der Waals surface area contributed by atoms with Crippen molar-refractivity contribution in [3.63, 3.8) is 0 Å². The quantitative estimate of drug-likeness (QED) is 0.853. The van der Waals surface area contributed by atoms with E-state index in [-0.39, 0.29) is 11.8 Å². The third-order valence-electron chi connectivity index (χ3n) is 4.60. The molecule has 24 heavy (non-hydrogen) atoms. The predicted octanol–water partition coefficient (Wildman–Crippen LogP) is 1.84. The van der Waals surface area contributed by atoms with E-state index in [1.54, 1.807) is 0 Å². The number of likely N-dealkylation sites (N-methyl/N-ethyl adjacent to an activating group) is 1. The Hall–Kier alpha value is -1.69. The molecule has 1 aromatic carbocycles. The van der Waals surface area contributed by atoms with Gasteiger partial charge in [-0.15, -0.1) is 0 Å². The maximum Gasteiger partial charge on any atom is 0.241 e. The summed E-state index contributed by atoms with van der Waals surface area (Å²) in [5.74, 6) is 2.41. The Morgan fingerprint density at radius 2 is 1.88 bits per heavy atom. The fourth-order valence-corrected chi connectivity index (χ4v) is 3.71. The molecule has 0 radical (unpaired) electrons. The van der Waals surface area contributed by atoms with Crippen LogP contribution in [0.4, 0.5) is 5.69 Å². The highest BCUT2D eigenvalue weighted by Gasteiger charge is 2.29. The lowest BCUT2D eigenvalue weighted by Gasteiger charge is -2.26. The van der Waals surface area contributed by atoms with Crippen LogP contribution in [0.3, 0.4) is 0 Å². The third-order valence-corrected chi connectivity index (χ3v) is 5.55. The minimum Gasteiger partial charge on any atom is -0.376 e. The predicted molar refractivity (Wildman–Crippen MR) is 98.3 cm³/mol. The number of nitrogens with zero attached hydrogens (tertiary/aromatic N) is 2. The van der Waals surface area contributed by atoms with Crippen molar-refractivity contribution in [3.8, 4) is 0 Å². The van der Waals surface area contributed by atoms with Gasteiger partial charge in [0.2, 0.25) is 11.8 Å². The molecule has 2 aliphatic rings. The molecule has 1 aliphatic carbocycles. The molecule has 130 valence electrons. The van der Waals surface area contributed by atoms with Crippen molar-refractivity contribution in [1.82, 2.24) is 9.80 Å². The molecule has 0 spiro atoms. The first-order chi connectivity index (χ1) is 11.6. The van der Waals surface area contributed by atoms with Crippen molar-refractivity contribution < 1.29 is 9.59 Å². The van der Waals surface area contributed by atoms with E-state index in [4.69, 9.17) is 0 Å². The molecule has 2 fully saturated rings. The standard InChI is InChI=1S/C18H25N3O2S/c1-20(16-6-7-16)18(23)13-19-15-4-2-14(3-5-15)12-17(22)21-8-10-24-11-9-21/h2-5,16,19H,6-13H2,1H3. The molecule has 1 saturated carbocycles. The zero-order chi connectivity index (χ0) is 16.9. The van der Waals surface area contributed by atoms with Crippen molar-refractivity contribution in [2.45, 2.75) is 25.3 Å². The number of rotatable bonds is 6. The molecule has 3 rings (SSSR count). The number of carbonyl (C=O) groups excluding carboxylic acids is 2. The van der Waals surface area contributed by atoms with E-state index in [2.05, 4.69) is 5.32 Å². The van der Waals surface area contributed by atoms with Gasteiger partial charge in [-0.2, -0.15) is 11.8 Å². The average molecular weight is 347 g/mol. The smallest absolute Gasteiger partial charge is 0.241 e. The Morgan fingerprint density at radius 1 is 1.21 bits per heavy atom. The fourth-order valence-electron chi connectivity index (χ4n) is 2.81. The van der Waals surface area contributed by atoms with Crippen molar-refractivity contribution in [3.05, 3.63) is 29.8 Å². The zero-order valence-electron chi connectivity index (χ0n) is 14.2. The number of benzene rings is 1. The molecule has 0 unspecified atom stereocenters. The van der Waals surface area contributed by atoms with Gasteiger partial charge in [0, 0.05) is 43.4 Å². The molecule has 2 amide bonds. The van der Waals surface area contributed by atoms with Crippen LogP contribution in [0.2, 0.25) is 0 Å². The van der Waals surface area contributed by atoms with Crippen LogP contribution < -0.4 is 5.32 Å². The molecule has 0 atom stereocenters. The highest BCUT2D eigenvalue weighted by atomic mass is 32.2. The van der Waals surface area contributed by atoms with Gasteiger partial charge >= 0.3 is 0 Å². The van der Waals surface area contributed by atoms with Gasteiger partial charge in [0.15, 0.2) is 0 Å². The van der Waals surface area contributed by atoms with E-state index >= 15 is 0 Å². The minimum atomic E-state index is 0.125. The van der Waals surface area contributed by atoms with E-state index in [0.29, 0.717) is 19.0 Å². The highest BCUT2D eigenvalue weighted by Crippen LogP contribution is 2.25. The number of thioether (sulfide) groups is 1. The van der Waals surface area contributed by atoms with Gasteiger partial charge in [0.05, 0.1) is 13.0 Å². The fraction of sp³-hybridized carbons (Fsp3) is 0.556. The Kier molecular flexibility index (Phi) is 5.66. The van der Waals surface area contributed by atoms with Crippen LogP contribution in [0.1, 0.15) is 18.4 Å². The molecule has 0 aromatic heterocycles.